The minimum absolute atomic E-state index is 0. The van der Waals surface area contributed by atoms with Gasteiger partial charge in [0.1, 0.15) is 0 Å². The topological polar surface area (TPSA) is 69.6 Å². The molecule has 0 saturated heterocycles. The van der Waals surface area contributed by atoms with Gasteiger partial charge in [-0.25, -0.2) is 4.98 Å². The van der Waals surface area contributed by atoms with Gasteiger partial charge in [-0.2, -0.15) is 0 Å². The average Bonchev–Trinajstić information content (AvgIpc) is 3.92. The van der Waals surface area contributed by atoms with E-state index >= 15 is 0 Å². The van der Waals surface area contributed by atoms with E-state index in [9.17, 15) is 0 Å². The zero-order valence-electron chi connectivity index (χ0n) is 42.3. The molecule has 0 N–H and O–H groups in total. The van der Waals surface area contributed by atoms with Crippen LogP contribution in [0.4, 0.5) is 0 Å². The van der Waals surface area contributed by atoms with Crippen molar-refractivity contribution in [3.63, 3.8) is 0 Å². The number of hydrogen-bond acceptors (Lipinski definition) is 5. The fraction of sp³-hybridized carbons (Fsp3) is 0.344. The molecule has 0 aliphatic heterocycles. The minimum Gasteiger partial charge on any atom is -0.486 e. The van der Waals surface area contributed by atoms with Crippen LogP contribution in [0, 0.1) is 31.9 Å². The van der Waals surface area contributed by atoms with E-state index in [1.54, 1.807) is 4.40 Å². The largest absolute Gasteiger partial charge is 0.486 e. The van der Waals surface area contributed by atoms with Crippen molar-refractivity contribution >= 4 is 50.8 Å². The number of fused-ring (bicyclic) bond motifs is 4. The van der Waals surface area contributed by atoms with Crippen LogP contribution >= 0.6 is 0 Å². The van der Waals surface area contributed by atoms with Crippen LogP contribution in [-0.4, -0.2) is 37.8 Å². The molecule has 1 aliphatic carbocycles. The summed E-state index contributed by atoms with van der Waals surface area (Å²) in [6, 6.07) is 45.4. The Morgan fingerprint density at radius 3 is 2.23 bits per heavy atom. The van der Waals surface area contributed by atoms with Crippen molar-refractivity contribution in [2.24, 2.45) is 5.92 Å². The van der Waals surface area contributed by atoms with E-state index < -0.39 is 13.3 Å². The Hall–Kier alpha value is -5.21. The maximum atomic E-state index is 6.68. The molecule has 10 rings (SSSR count). The van der Waals surface area contributed by atoms with Crippen molar-refractivity contribution in [1.29, 1.82) is 0 Å². The fourth-order valence-corrected chi connectivity index (χ4v) is 13.5. The van der Waals surface area contributed by atoms with Crippen molar-refractivity contribution in [1.82, 2.24) is 24.5 Å². The molecule has 0 bridgehead atoms. The van der Waals surface area contributed by atoms with Crippen molar-refractivity contribution in [2.75, 3.05) is 0 Å². The molecule has 0 atom stereocenters. The van der Waals surface area contributed by atoms with Crippen molar-refractivity contribution in [3.05, 3.63) is 156 Å². The first-order chi connectivity index (χ1) is 32.7. The number of aryl methyl sites for hydroxylation is 2. The van der Waals surface area contributed by atoms with Crippen LogP contribution < -0.4 is 4.40 Å². The zero-order valence-corrected chi connectivity index (χ0v) is 46.8. The predicted molar refractivity (Wildman–Crippen MR) is 287 cm³/mol. The standard InChI is InChI=1S/C41H39N4O.C20H28GeN.Ir/c1-25-23-36-37(26(2)42-25)44-39(45(36)35-22-19-29(41(3,4)5)24-33(35)27-13-8-6-9-14-27)32-18-12-17-30-31-20-21-34(28-15-10-7-11-16-28)43-40(31)46-38(30)32;1-6-16(7-2)13-18-14-20(17-11-9-8-10-12-17)22-15-19(18)21(3,4)5;/h6,8-9,12-14,17,19-24,28H,7,10-11,15-16H2,1-5H3;8-11,14-16H,6-7,13H2,1-5H3;/q2*-1;. The summed E-state index contributed by atoms with van der Waals surface area (Å²) in [5, 5.41) is 2.06. The molecule has 0 amide bonds. The number of benzene rings is 4. The second-order valence-electron chi connectivity index (χ2n) is 21.1. The first-order valence-electron chi connectivity index (χ1n) is 25.0. The predicted octanol–water partition coefficient (Wildman–Crippen LogP) is 15.9. The molecular weight excluding hydrogens is 1080 g/mol. The summed E-state index contributed by atoms with van der Waals surface area (Å²) in [6.07, 6.45) is 12.1. The number of nitrogens with zero attached hydrogens (tertiary/aromatic N) is 5. The Morgan fingerprint density at radius 1 is 0.783 bits per heavy atom. The molecule has 6 nitrogen and oxygen atoms in total. The summed E-state index contributed by atoms with van der Waals surface area (Å²) in [7, 11) is 0. The van der Waals surface area contributed by atoms with Gasteiger partial charge in [0.15, 0.2) is 0 Å². The number of rotatable bonds is 10. The minimum atomic E-state index is -1.89. The number of hydrogen-bond donors (Lipinski definition) is 0. The van der Waals surface area contributed by atoms with Crippen molar-refractivity contribution in [2.45, 2.75) is 128 Å². The first-order valence-corrected chi connectivity index (χ1v) is 32.3. The summed E-state index contributed by atoms with van der Waals surface area (Å²) in [6.45, 7) is 15.5. The van der Waals surface area contributed by atoms with Crippen LogP contribution in [0.25, 0.3) is 72.6 Å². The SMILES string of the molecule is CCC(CC)Cc1cc(-c2[c-]cccc2)nc[c]1[Ge]([CH3])([CH3])[CH3].Cc1cc2c(nc(-c3[c-]ccc4c3oc3nc(C5CCCCC5)ccc34)n2-c2ccc(C(C)(C)C)cc2-c2ccccc2)c(C)n1.[Ir]. The second-order valence-corrected chi connectivity index (χ2v) is 31.7. The second kappa shape index (κ2) is 21.0. The first kappa shape index (κ1) is 50.2. The molecule has 1 radical (unpaired) electrons. The summed E-state index contributed by atoms with van der Waals surface area (Å²) in [5.74, 6) is 9.44. The van der Waals surface area contributed by atoms with E-state index in [0.717, 1.165) is 89.8 Å². The molecule has 357 valence electrons. The molecule has 5 aromatic heterocycles. The van der Waals surface area contributed by atoms with Gasteiger partial charge in [0.05, 0.1) is 28.1 Å². The van der Waals surface area contributed by atoms with Crippen LogP contribution in [-0.2, 0) is 31.9 Å². The van der Waals surface area contributed by atoms with Gasteiger partial charge < -0.3 is 8.98 Å². The third-order valence-electron chi connectivity index (χ3n) is 14.1. The van der Waals surface area contributed by atoms with E-state index in [4.69, 9.17) is 24.4 Å². The summed E-state index contributed by atoms with van der Waals surface area (Å²) >= 11 is -1.89. The normalized spacial score (nSPS) is 13.5. The van der Waals surface area contributed by atoms with Gasteiger partial charge in [0.25, 0.3) is 0 Å². The molecule has 1 aliphatic rings. The van der Waals surface area contributed by atoms with E-state index in [2.05, 4.69) is 166 Å². The van der Waals surface area contributed by atoms with Gasteiger partial charge in [0, 0.05) is 54.0 Å². The van der Waals surface area contributed by atoms with Gasteiger partial charge in [0.2, 0.25) is 5.71 Å². The third-order valence-corrected chi connectivity index (χ3v) is 18.5. The molecule has 1 fully saturated rings. The number of aromatic nitrogens is 5. The Bertz CT molecular complexity index is 3210. The van der Waals surface area contributed by atoms with Crippen LogP contribution in [0.15, 0.2) is 120 Å². The maximum Gasteiger partial charge on any atom is 0.216 e. The number of pyridine rings is 3. The molecule has 69 heavy (non-hydrogen) atoms. The molecule has 4 aromatic carbocycles. The van der Waals surface area contributed by atoms with Crippen molar-refractivity contribution in [3.8, 4) is 39.5 Å². The fourth-order valence-electron chi connectivity index (χ4n) is 10.2. The Kier molecular flexibility index (Phi) is 15.3. The summed E-state index contributed by atoms with van der Waals surface area (Å²) < 4.78 is 10.5. The summed E-state index contributed by atoms with van der Waals surface area (Å²) in [5.41, 5.74) is 15.5. The van der Waals surface area contributed by atoms with E-state index in [1.807, 2.05) is 32.0 Å². The molecule has 0 unspecified atom stereocenters. The molecular formula is C61H67GeIrN5O-2. The zero-order chi connectivity index (χ0) is 47.7. The molecule has 0 spiro atoms. The van der Waals surface area contributed by atoms with Crippen LogP contribution in [0.1, 0.15) is 114 Å². The monoisotopic (exact) mass is 1150 g/mol. The summed E-state index contributed by atoms with van der Waals surface area (Å²) in [4.78, 5) is 19.9. The Morgan fingerprint density at radius 2 is 1.54 bits per heavy atom. The van der Waals surface area contributed by atoms with Gasteiger partial charge in [-0.3, -0.25) is 9.97 Å². The van der Waals surface area contributed by atoms with E-state index in [0.29, 0.717) is 11.6 Å². The van der Waals surface area contributed by atoms with Crippen LogP contribution in [0.3, 0.4) is 0 Å². The quantitative estimate of drug-likeness (QED) is 0.101. The molecule has 8 heteroatoms. The van der Waals surface area contributed by atoms with Crippen molar-refractivity contribution < 1.29 is 24.5 Å². The van der Waals surface area contributed by atoms with Gasteiger partial charge in [-0.05, 0) is 73.6 Å². The molecule has 9 aromatic rings. The Labute approximate surface area is 426 Å². The average molecular weight is 1150 g/mol. The third kappa shape index (κ3) is 10.6. The Balaban J connectivity index is 0.000000236. The molecule has 5 heterocycles. The van der Waals surface area contributed by atoms with E-state index in [-0.39, 0.29) is 25.5 Å². The molecule has 1 saturated carbocycles. The number of imidazole rings is 1. The van der Waals surface area contributed by atoms with E-state index in [1.165, 1.54) is 62.5 Å². The maximum absolute atomic E-state index is 6.68. The van der Waals surface area contributed by atoms with Gasteiger partial charge in [-0.15, -0.1) is 18.2 Å². The number of furan rings is 1. The smallest absolute Gasteiger partial charge is 0.216 e. The van der Waals surface area contributed by atoms with Crippen LogP contribution in [0.5, 0.6) is 0 Å². The van der Waals surface area contributed by atoms with Gasteiger partial charge in [-0.1, -0.05) is 87.4 Å². The van der Waals surface area contributed by atoms with Gasteiger partial charge >= 0.3 is 138 Å². The van der Waals surface area contributed by atoms with Crippen LogP contribution in [0.2, 0.25) is 17.3 Å².